The van der Waals surface area contributed by atoms with Gasteiger partial charge in [-0.25, -0.2) is 0 Å². The van der Waals surface area contributed by atoms with Gasteiger partial charge in [-0.15, -0.1) is 0 Å². The molecule has 1 saturated heterocycles. The molecule has 1 aromatic carbocycles. The highest BCUT2D eigenvalue weighted by Gasteiger charge is 2.43. The summed E-state index contributed by atoms with van der Waals surface area (Å²) in [7, 11) is 0. The van der Waals surface area contributed by atoms with Crippen LogP contribution in [0.1, 0.15) is 51.6 Å². The molecule has 0 aliphatic carbocycles. The van der Waals surface area contributed by atoms with Crippen molar-refractivity contribution in [3.63, 3.8) is 0 Å². The predicted octanol–water partition coefficient (Wildman–Crippen LogP) is 2.25. The van der Waals surface area contributed by atoms with Gasteiger partial charge in [0.15, 0.2) is 0 Å². The number of amides is 2. The first-order valence-electron chi connectivity index (χ1n) is 9.91. The first-order valence-corrected chi connectivity index (χ1v) is 9.91. The van der Waals surface area contributed by atoms with Crippen LogP contribution in [-0.2, 0) is 9.59 Å². The second-order valence-electron chi connectivity index (χ2n) is 8.25. The lowest BCUT2D eigenvalue weighted by atomic mass is 9.80. The van der Waals surface area contributed by atoms with E-state index in [1.165, 1.54) is 6.92 Å². The summed E-state index contributed by atoms with van der Waals surface area (Å²) in [6, 6.07) is 7.86. The monoisotopic (exact) mass is 373 g/mol. The molecule has 148 valence electrons. The van der Waals surface area contributed by atoms with Crippen LogP contribution in [0.25, 0.3) is 0 Å². The summed E-state index contributed by atoms with van der Waals surface area (Å²) >= 11 is 0. The van der Waals surface area contributed by atoms with Gasteiger partial charge in [0.25, 0.3) is 0 Å². The average Bonchev–Trinajstić information content (AvgIpc) is 2.62. The molecule has 1 aromatic rings. The number of piperidine rings is 1. The Bertz CT molecular complexity index is 681. The van der Waals surface area contributed by atoms with Gasteiger partial charge in [-0.3, -0.25) is 9.59 Å². The quantitative estimate of drug-likeness (QED) is 0.831. The van der Waals surface area contributed by atoms with Crippen molar-refractivity contribution in [1.29, 1.82) is 0 Å². The zero-order chi connectivity index (χ0) is 19.4. The fourth-order valence-electron chi connectivity index (χ4n) is 4.16. The largest absolute Gasteiger partial charge is 0.487 e. The molecule has 2 amide bonds. The van der Waals surface area contributed by atoms with E-state index in [2.05, 4.69) is 29.4 Å². The fraction of sp³-hybridized carbons (Fsp3) is 0.619. The molecule has 2 aliphatic heterocycles. The molecule has 1 fully saturated rings. The highest BCUT2D eigenvalue weighted by atomic mass is 16.5. The molecular formula is C21H31N3O3. The van der Waals surface area contributed by atoms with E-state index in [9.17, 15) is 9.59 Å². The zero-order valence-electron chi connectivity index (χ0n) is 16.6. The van der Waals surface area contributed by atoms with Gasteiger partial charge in [-0.05, 0) is 24.8 Å². The number of para-hydroxylation sites is 1. The summed E-state index contributed by atoms with van der Waals surface area (Å²) in [5, 5.41) is 5.66. The number of hydrogen-bond acceptors (Lipinski definition) is 4. The zero-order valence-corrected chi connectivity index (χ0v) is 16.6. The fourth-order valence-corrected chi connectivity index (χ4v) is 4.16. The maximum absolute atomic E-state index is 12.3. The molecule has 0 bridgehead atoms. The third kappa shape index (κ3) is 5.01. The number of fused-ring (bicyclic) bond motifs is 1. The number of nitrogens with zero attached hydrogens (tertiary/aromatic N) is 1. The number of carbonyl (C=O) groups is 2. The van der Waals surface area contributed by atoms with Gasteiger partial charge >= 0.3 is 0 Å². The van der Waals surface area contributed by atoms with Crippen molar-refractivity contribution in [2.75, 3.05) is 26.2 Å². The van der Waals surface area contributed by atoms with Crippen LogP contribution in [0.5, 0.6) is 5.75 Å². The van der Waals surface area contributed by atoms with Crippen molar-refractivity contribution < 1.29 is 14.3 Å². The Morgan fingerprint density at radius 3 is 2.63 bits per heavy atom. The van der Waals surface area contributed by atoms with Gasteiger partial charge in [0, 0.05) is 38.5 Å². The van der Waals surface area contributed by atoms with E-state index < -0.39 is 0 Å². The van der Waals surface area contributed by atoms with E-state index in [1.54, 1.807) is 0 Å². The highest BCUT2D eigenvalue weighted by molar-refractivity contribution is 5.83. The number of hydrogen-bond donors (Lipinski definition) is 2. The van der Waals surface area contributed by atoms with Gasteiger partial charge in [0.1, 0.15) is 11.4 Å². The minimum atomic E-state index is -0.228. The summed E-state index contributed by atoms with van der Waals surface area (Å²) in [6.07, 6.45) is 2.70. The van der Waals surface area contributed by atoms with Crippen LogP contribution in [0.3, 0.4) is 0 Å². The van der Waals surface area contributed by atoms with E-state index in [4.69, 9.17) is 4.74 Å². The van der Waals surface area contributed by atoms with Crippen molar-refractivity contribution in [3.05, 3.63) is 29.8 Å². The van der Waals surface area contributed by atoms with Gasteiger partial charge in [0.05, 0.1) is 12.6 Å². The minimum absolute atomic E-state index is 0.00399. The van der Waals surface area contributed by atoms with Crippen LogP contribution >= 0.6 is 0 Å². The van der Waals surface area contributed by atoms with Crippen LogP contribution in [0.15, 0.2) is 24.3 Å². The molecule has 2 aliphatic rings. The first-order chi connectivity index (χ1) is 12.9. The first kappa shape index (κ1) is 19.7. The van der Waals surface area contributed by atoms with E-state index in [0.29, 0.717) is 5.92 Å². The normalized spacial score (nSPS) is 21.4. The molecule has 27 heavy (non-hydrogen) atoms. The number of nitrogens with one attached hydrogen (secondary N) is 2. The molecule has 6 nitrogen and oxygen atoms in total. The van der Waals surface area contributed by atoms with Crippen LogP contribution in [0, 0.1) is 5.92 Å². The number of ether oxygens (including phenoxy) is 1. The lowest BCUT2D eigenvalue weighted by Crippen LogP contribution is -2.53. The Labute approximate surface area is 161 Å². The Kier molecular flexibility index (Phi) is 6.05. The van der Waals surface area contributed by atoms with Gasteiger partial charge < -0.3 is 20.3 Å². The second-order valence-corrected chi connectivity index (χ2v) is 8.25. The lowest BCUT2D eigenvalue weighted by Gasteiger charge is -2.47. The maximum Gasteiger partial charge on any atom is 0.239 e. The molecule has 2 heterocycles. The standard InChI is InChI=1S/C21H31N3O3/c1-15(2)14-24-10-8-21(9-11-24)12-18(23-20(26)13-22-16(3)25)17-6-4-5-7-19(17)27-21/h4-7,15,18H,8-14H2,1-3H3,(H,22,25)(H,23,26). The molecule has 0 saturated carbocycles. The molecule has 1 spiro atoms. The van der Waals surface area contributed by atoms with Crippen molar-refractivity contribution in [3.8, 4) is 5.75 Å². The summed E-state index contributed by atoms with van der Waals surface area (Å²) in [5.41, 5.74) is 0.789. The molecule has 3 rings (SSSR count). The third-order valence-electron chi connectivity index (χ3n) is 5.42. The topological polar surface area (TPSA) is 70.7 Å². The van der Waals surface area contributed by atoms with Crippen molar-refractivity contribution in [1.82, 2.24) is 15.5 Å². The summed E-state index contributed by atoms with van der Waals surface area (Å²) in [6.45, 7) is 9.07. The van der Waals surface area contributed by atoms with Gasteiger partial charge in [-0.1, -0.05) is 32.0 Å². The SMILES string of the molecule is CC(=O)NCC(=O)NC1CC2(CCN(CC(C)C)CC2)Oc2ccccc21. The minimum Gasteiger partial charge on any atom is -0.487 e. The summed E-state index contributed by atoms with van der Waals surface area (Å²) < 4.78 is 6.48. The second kappa shape index (κ2) is 8.30. The highest BCUT2D eigenvalue weighted by Crippen LogP contribution is 2.44. The van der Waals surface area contributed by atoms with Crippen LogP contribution < -0.4 is 15.4 Å². The summed E-state index contributed by atoms with van der Waals surface area (Å²) in [5.74, 6) is 1.16. The molecule has 0 aromatic heterocycles. The number of benzene rings is 1. The summed E-state index contributed by atoms with van der Waals surface area (Å²) in [4.78, 5) is 25.9. The Balaban J connectivity index is 1.71. The molecule has 1 unspecified atom stereocenters. The molecular weight excluding hydrogens is 342 g/mol. The number of carbonyl (C=O) groups excluding carboxylic acids is 2. The van der Waals surface area contributed by atoms with Crippen LogP contribution in [0.4, 0.5) is 0 Å². The Morgan fingerprint density at radius 1 is 1.26 bits per heavy atom. The smallest absolute Gasteiger partial charge is 0.239 e. The van der Waals surface area contributed by atoms with Gasteiger partial charge in [-0.2, -0.15) is 0 Å². The maximum atomic E-state index is 12.3. The van der Waals surface area contributed by atoms with Crippen molar-refractivity contribution in [2.45, 2.75) is 51.7 Å². The Morgan fingerprint density at radius 2 is 1.96 bits per heavy atom. The Hall–Kier alpha value is -2.08. The van der Waals surface area contributed by atoms with E-state index >= 15 is 0 Å². The van der Waals surface area contributed by atoms with E-state index in [1.807, 2.05) is 24.3 Å². The molecule has 0 radical (unpaired) electrons. The van der Waals surface area contributed by atoms with Gasteiger partial charge in [0.2, 0.25) is 11.8 Å². The van der Waals surface area contributed by atoms with Crippen LogP contribution in [-0.4, -0.2) is 48.5 Å². The predicted molar refractivity (Wildman–Crippen MR) is 104 cm³/mol. The van der Waals surface area contributed by atoms with E-state index in [0.717, 1.165) is 50.2 Å². The molecule has 2 N–H and O–H groups in total. The number of rotatable bonds is 5. The lowest BCUT2D eigenvalue weighted by molar-refractivity contribution is -0.126. The average molecular weight is 373 g/mol. The van der Waals surface area contributed by atoms with Crippen molar-refractivity contribution >= 4 is 11.8 Å². The molecule has 6 heteroatoms. The van der Waals surface area contributed by atoms with E-state index in [-0.39, 0.29) is 30.0 Å². The molecule has 1 atom stereocenters. The number of likely N-dealkylation sites (tertiary alicyclic amines) is 1. The third-order valence-corrected chi connectivity index (χ3v) is 5.42. The van der Waals surface area contributed by atoms with Crippen LogP contribution in [0.2, 0.25) is 0 Å². The van der Waals surface area contributed by atoms with Crippen molar-refractivity contribution in [2.24, 2.45) is 5.92 Å².